The van der Waals surface area contributed by atoms with Crippen molar-refractivity contribution in [3.63, 3.8) is 0 Å². The van der Waals surface area contributed by atoms with E-state index in [-0.39, 0.29) is 11.5 Å². The molecule has 0 aliphatic heterocycles. The van der Waals surface area contributed by atoms with Crippen LogP contribution < -0.4 is 16.0 Å². The van der Waals surface area contributed by atoms with E-state index in [9.17, 15) is 14.4 Å². The zero-order chi connectivity index (χ0) is 21.5. The quantitative estimate of drug-likeness (QED) is 0.339. The average Bonchev–Trinajstić information content (AvgIpc) is 3.10. The molecule has 0 saturated carbocycles. The van der Waals surface area contributed by atoms with Crippen LogP contribution in [-0.2, 0) is 0 Å². The number of halogens is 1. The van der Waals surface area contributed by atoms with Crippen LogP contribution >= 0.6 is 22.9 Å². The number of amides is 2. The maximum atomic E-state index is 12.7. The molecule has 0 spiro atoms. The largest absolute Gasteiger partial charge is 0.352 e. The monoisotopic (exact) mass is 443 g/mol. The Morgan fingerprint density at radius 2 is 1.83 bits per heavy atom. The number of unbranched alkanes of at least 4 members (excludes halogenated alkanes) is 1. The predicted molar refractivity (Wildman–Crippen MR) is 122 cm³/mol. The number of hydrogen-bond acceptors (Lipinski definition) is 5. The molecule has 2 amide bonds. The molecule has 0 radical (unpaired) electrons. The van der Waals surface area contributed by atoms with Crippen molar-refractivity contribution in [1.29, 1.82) is 0 Å². The highest BCUT2D eigenvalue weighted by Crippen LogP contribution is 2.35. The van der Waals surface area contributed by atoms with Gasteiger partial charge in [0.1, 0.15) is 4.88 Å². The summed E-state index contributed by atoms with van der Waals surface area (Å²) < 4.78 is 0.907. The average molecular weight is 444 g/mol. The Morgan fingerprint density at radius 1 is 1.07 bits per heavy atom. The Labute approximate surface area is 183 Å². The minimum absolute atomic E-state index is 0.225. The van der Waals surface area contributed by atoms with Crippen LogP contribution in [0.25, 0.3) is 10.1 Å². The maximum absolute atomic E-state index is 12.7. The lowest BCUT2D eigenvalue weighted by atomic mass is 10.1. The number of thiophene rings is 1. The first kappa shape index (κ1) is 22.0. The SMILES string of the molecule is CNCCCCNC(=O)c1ccc(NC(=O)c2sc3ccccc3c2Cl)c(C=O)c1. The first-order valence-corrected chi connectivity index (χ1v) is 10.7. The second kappa shape index (κ2) is 10.3. The van der Waals surface area contributed by atoms with Gasteiger partial charge in [0.2, 0.25) is 0 Å². The minimum Gasteiger partial charge on any atom is -0.352 e. The third-order valence-electron chi connectivity index (χ3n) is 4.57. The molecule has 3 N–H and O–H groups in total. The Hall–Kier alpha value is -2.74. The lowest BCUT2D eigenvalue weighted by Crippen LogP contribution is -2.25. The van der Waals surface area contributed by atoms with Gasteiger partial charge in [0.15, 0.2) is 6.29 Å². The molecule has 3 aromatic rings. The molecule has 8 heteroatoms. The van der Waals surface area contributed by atoms with Crippen molar-refractivity contribution in [3.05, 3.63) is 63.5 Å². The molecular formula is C22H22ClN3O3S. The van der Waals surface area contributed by atoms with E-state index >= 15 is 0 Å². The summed E-state index contributed by atoms with van der Waals surface area (Å²) >= 11 is 7.65. The Balaban J connectivity index is 1.71. The summed E-state index contributed by atoms with van der Waals surface area (Å²) in [5, 5.41) is 9.81. The molecule has 0 aliphatic carbocycles. The van der Waals surface area contributed by atoms with Crippen molar-refractivity contribution in [2.24, 2.45) is 0 Å². The topological polar surface area (TPSA) is 87.3 Å². The number of nitrogens with one attached hydrogen (secondary N) is 3. The maximum Gasteiger partial charge on any atom is 0.267 e. The number of carbonyl (C=O) groups is 3. The van der Waals surface area contributed by atoms with Gasteiger partial charge >= 0.3 is 0 Å². The van der Waals surface area contributed by atoms with E-state index in [2.05, 4.69) is 16.0 Å². The molecule has 0 unspecified atom stereocenters. The Kier molecular flexibility index (Phi) is 7.57. The Morgan fingerprint density at radius 3 is 2.57 bits per heavy atom. The van der Waals surface area contributed by atoms with Crippen LogP contribution in [0, 0.1) is 0 Å². The number of benzene rings is 2. The standard InChI is InChI=1S/C22H22ClN3O3S/c1-24-10-4-5-11-25-21(28)14-8-9-17(15(12-14)13-27)26-22(29)20-19(23)16-6-2-3-7-18(16)30-20/h2-3,6-9,12-13,24H,4-5,10-11H2,1H3,(H,25,28)(H,26,29). The van der Waals surface area contributed by atoms with Gasteiger partial charge in [-0.05, 0) is 50.7 Å². The molecule has 0 saturated heterocycles. The summed E-state index contributed by atoms with van der Waals surface area (Å²) in [7, 11) is 1.88. The van der Waals surface area contributed by atoms with Gasteiger partial charge in [-0.25, -0.2) is 0 Å². The normalized spacial score (nSPS) is 10.7. The molecule has 6 nitrogen and oxygen atoms in total. The van der Waals surface area contributed by atoms with Crippen molar-refractivity contribution in [2.45, 2.75) is 12.8 Å². The van der Waals surface area contributed by atoms with Crippen LogP contribution in [0.4, 0.5) is 5.69 Å². The van der Waals surface area contributed by atoms with Crippen LogP contribution in [0.3, 0.4) is 0 Å². The highest BCUT2D eigenvalue weighted by atomic mass is 35.5. The molecular weight excluding hydrogens is 422 g/mol. The van der Waals surface area contributed by atoms with Crippen molar-refractivity contribution in [2.75, 3.05) is 25.5 Å². The number of fused-ring (bicyclic) bond motifs is 1. The van der Waals surface area contributed by atoms with Gasteiger partial charge in [-0.1, -0.05) is 29.8 Å². The number of hydrogen-bond donors (Lipinski definition) is 3. The van der Waals surface area contributed by atoms with Crippen LogP contribution in [0.5, 0.6) is 0 Å². The minimum atomic E-state index is -0.397. The molecule has 0 bridgehead atoms. The molecule has 3 rings (SSSR count). The fraction of sp³-hybridized carbons (Fsp3) is 0.227. The van der Waals surface area contributed by atoms with E-state index in [0.717, 1.165) is 29.5 Å². The lowest BCUT2D eigenvalue weighted by molar-refractivity contribution is 0.0952. The summed E-state index contributed by atoms with van der Waals surface area (Å²) in [5.41, 5.74) is 0.918. The molecule has 1 heterocycles. The number of carbonyl (C=O) groups excluding carboxylic acids is 3. The zero-order valence-corrected chi connectivity index (χ0v) is 18.0. The second-order valence-corrected chi connectivity index (χ2v) is 8.11. The summed E-state index contributed by atoms with van der Waals surface area (Å²) in [6.07, 6.45) is 2.44. The van der Waals surface area contributed by atoms with Crippen LogP contribution in [0.2, 0.25) is 5.02 Å². The van der Waals surface area contributed by atoms with Crippen LogP contribution in [0.1, 0.15) is 43.2 Å². The summed E-state index contributed by atoms with van der Waals surface area (Å²) in [6.45, 7) is 1.45. The molecule has 0 aliphatic rings. The molecule has 2 aromatic carbocycles. The third-order valence-corrected chi connectivity index (χ3v) is 6.24. The zero-order valence-electron chi connectivity index (χ0n) is 16.5. The van der Waals surface area contributed by atoms with Gasteiger partial charge in [-0.2, -0.15) is 0 Å². The van der Waals surface area contributed by atoms with Crippen molar-refractivity contribution in [1.82, 2.24) is 10.6 Å². The van der Waals surface area contributed by atoms with Crippen molar-refractivity contribution in [3.8, 4) is 0 Å². The number of rotatable bonds is 9. The van der Waals surface area contributed by atoms with Gasteiger partial charge < -0.3 is 16.0 Å². The first-order valence-electron chi connectivity index (χ1n) is 9.55. The number of aldehydes is 1. The molecule has 0 fully saturated rings. The predicted octanol–water partition coefficient (Wildman–Crippen LogP) is 4.35. The fourth-order valence-corrected chi connectivity index (χ4v) is 4.40. The smallest absolute Gasteiger partial charge is 0.267 e. The van der Waals surface area contributed by atoms with Crippen LogP contribution in [0.15, 0.2) is 42.5 Å². The van der Waals surface area contributed by atoms with Crippen molar-refractivity contribution >= 4 is 56.8 Å². The summed E-state index contributed by atoms with van der Waals surface area (Å²) in [6, 6.07) is 12.1. The highest BCUT2D eigenvalue weighted by Gasteiger charge is 2.18. The number of anilines is 1. The molecule has 1 aromatic heterocycles. The first-order chi connectivity index (χ1) is 14.5. The third kappa shape index (κ3) is 5.05. The van der Waals surface area contributed by atoms with Crippen molar-refractivity contribution < 1.29 is 14.4 Å². The van der Waals surface area contributed by atoms with Gasteiger partial charge in [0, 0.05) is 27.8 Å². The summed E-state index contributed by atoms with van der Waals surface area (Å²) in [4.78, 5) is 37.0. The van der Waals surface area contributed by atoms with Gasteiger partial charge in [0.25, 0.3) is 11.8 Å². The van der Waals surface area contributed by atoms with E-state index in [1.807, 2.05) is 31.3 Å². The fourth-order valence-electron chi connectivity index (χ4n) is 2.99. The van der Waals surface area contributed by atoms with Gasteiger partial charge in [-0.3, -0.25) is 14.4 Å². The van der Waals surface area contributed by atoms with E-state index in [1.165, 1.54) is 17.4 Å². The highest BCUT2D eigenvalue weighted by molar-refractivity contribution is 7.21. The lowest BCUT2D eigenvalue weighted by Gasteiger charge is -2.10. The molecule has 156 valence electrons. The van der Waals surface area contributed by atoms with Crippen LogP contribution in [-0.4, -0.2) is 38.2 Å². The Bertz CT molecular complexity index is 1080. The summed E-state index contributed by atoms with van der Waals surface area (Å²) in [5.74, 6) is -0.654. The van der Waals surface area contributed by atoms with E-state index < -0.39 is 5.91 Å². The van der Waals surface area contributed by atoms with E-state index in [0.29, 0.717) is 34.0 Å². The van der Waals surface area contributed by atoms with E-state index in [4.69, 9.17) is 11.6 Å². The molecule has 0 atom stereocenters. The van der Waals surface area contributed by atoms with Gasteiger partial charge in [0.05, 0.1) is 10.7 Å². The molecule has 30 heavy (non-hydrogen) atoms. The van der Waals surface area contributed by atoms with Gasteiger partial charge in [-0.15, -0.1) is 11.3 Å². The second-order valence-electron chi connectivity index (χ2n) is 6.68. The van der Waals surface area contributed by atoms with E-state index in [1.54, 1.807) is 12.1 Å².